The molecule has 0 saturated carbocycles. The van der Waals surface area contributed by atoms with E-state index in [0.29, 0.717) is 0 Å². The first kappa shape index (κ1) is 12.2. The fraction of sp³-hybridized carbons (Fsp3) is 1.00. The maximum atomic E-state index is 5.30. The summed E-state index contributed by atoms with van der Waals surface area (Å²) in [7, 11) is 5.31. The van der Waals surface area contributed by atoms with Crippen LogP contribution < -0.4 is 0 Å². The van der Waals surface area contributed by atoms with Crippen molar-refractivity contribution in [2.75, 3.05) is 20.0 Å². The molecular formula is C6H18ClNSi. The molecule has 0 heterocycles. The average Bonchev–Trinajstić information content (AvgIpc) is 1.66. The molecule has 0 aromatic heterocycles. The van der Waals surface area contributed by atoms with Gasteiger partial charge in [-0.1, -0.05) is 13.3 Å². The predicted octanol–water partition coefficient (Wildman–Crippen LogP) is 0.854. The summed E-state index contributed by atoms with van der Waals surface area (Å²) < 4.78 is 2.14. The van der Waals surface area contributed by atoms with Crippen LogP contribution in [0, 0.1) is 0 Å². The smallest absolute Gasteiger partial charge is 0.0777 e. The van der Waals surface area contributed by atoms with E-state index in [-0.39, 0.29) is 0 Å². The number of alkyl halides is 1. The summed E-state index contributed by atoms with van der Waals surface area (Å²) in [5.74, 6) is 0.816. The van der Waals surface area contributed by atoms with Gasteiger partial charge in [-0.05, 0) is 20.5 Å². The molecule has 0 aliphatic heterocycles. The maximum absolute atomic E-state index is 5.30. The number of rotatable bonds is 2. The van der Waals surface area contributed by atoms with Gasteiger partial charge in [0.05, 0.1) is 10.4 Å². The third kappa shape index (κ3) is 58.2. The molecule has 0 radical (unpaired) electrons. The molecule has 0 fully saturated rings. The van der Waals surface area contributed by atoms with Crippen LogP contribution in [0.5, 0.6) is 0 Å². The topological polar surface area (TPSA) is 3.24 Å². The normalized spacial score (nSPS) is 9.00. The van der Waals surface area contributed by atoms with Crippen molar-refractivity contribution in [2.24, 2.45) is 0 Å². The Labute approximate surface area is 66.9 Å². The Morgan fingerprint density at radius 2 is 1.78 bits per heavy atom. The largest absolute Gasteiger partial charge is 0.337 e. The van der Waals surface area contributed by atoms with Crippen molar-refractivity contribution in [1.29, 1.82) is 0 Å². The second-order valence-corrected chi connectivity index (χ2v) is 4.55. The minimum Gasteiger partial charge on any atom is -0.337 e. The lowest BCUT2D eigenvalue weighted by Gasteiger charge is -1.90. The zero-order chi connectivity index (χ0) is 7.70. The molecule has 0 rings (SSSR count). The standard InChI is InChI=1S/C4H9Cl.C2H9NSi/c1-2-3-4-5;1-3(2)4/h2-4H2,1H3;1-2,4H3. The van der Waals surface area contributed by atoms with Gasteiger partial charge in [-0.15, -0.1) is 11.6 Å². The summed E-state index contributed by atoms with van der Waals surface area (Å²) in [6, 6.07) is 0. The van der Waals surface area contributed by atoms with Gasteiger partial charge in [0.1, 0.15) is 0 Å². The predicted molar refractivity (Wildman–Crippen MR) is 49.3 cm³/mol. The number of hydrogen-bond acceptors (Lipinski definition) is 1. The Morgan fingerprint density at radius 3 is 1.78 bits per heavy atom. The average molecular weight is 168 g/mol. The van der Waals surface area contributed by atoms with Gasteiger partial charge < -0.3 is 4.57 Å². The van der Waals surface area contributed by atoms with E-state index in [2.05, 4.69) is 25.6 Å². The molecule has 0 aliphatic rings. The Balaban J connectivity index is 0. The zero-order valence-corrected chi connectivity index (χ0v) is 9.70. The molecule has 0 amide bonds. The van der Waals surface area contributed by atoms with E-state index >= 15 is 0 Å². The van der Waals surface area contributed by atoms with Crippen LogP contribution in [0.4, 0.5) is 0 Å². The van der Waals surface area contributed by atoms with E-state index in [9.17, 15) is 0 Å². The lowest BCUT2D eigenvalue weighted by Crippen LogP contribution is -2.02. The Kier molecular flexibility index (Phi) is 15.3. The molecule has 0 spiro atoms. The lowest BCUT2D eigenvalue weighted by molar-refractivity contribution is 0.679. The van der Waals surface area contributed by atoms with Crippen LogP contribution in [0.25, 0.3) is 0 Å². The summed E-state index contributed by atoms with van der Waals surface area (Å²) in [6.45, 7) is 2.13. The number of halogens is 1. The summed E-state index contributed by atoms with van der Waals surface area (Å²) in [4.78, 5) is 0. The molecule has 0 N–H and O–H groups in total. The van der Waals surface area contributed by atoms with Gasteiger partial charge in [0.2, 0.25) is 0 Å². The van der Waals surface area contributed by atoms with Crippen LogP contribution >= 0.6 is 11.6 Å². The summed E-state index contributed by atoms with van der Waals surface area (Å²) in [6.07, 6.45) is 2.37. The summed E-state index contributed by atoms with van der Waals surface area (Å²) in [5.41, 5.74) is 0. The molecule has 0 atom stereocenters. The number of hydrogen-bond donors (Lipinski definition) is 0. The molecule has 1 nitrogen and oxygen atoms in total. The van der Waals surface area contributed by atoms with E-state index in [1.54, 1.807) is 0 Å². The van der Waals surface area contributed by atoms with Crippen molar-refractivity contribution in [3.8, 4) is 0 Å². The van der Waals surface area contributed by atoms with Gasteiger partial charge in [-0.3, -0.25) is 0 Å². The van der Waals surface area contributed by atoms with Crippen LogP contribution in [0.1, 0.15) is 19.8 Å². The molecule has 58 valence electrons. The number of unbranched alkanes of at least 4 members (excludes halogenated alkanes) is 1. The van der Waals surface area contributed by atoms with E-state index in [1.165, 1.54) is 16.8 Å². The minimum absolute atomic E-state index is 0.816. The van der Waals surface area contributed by atoms with Crippen LogP contribution in [0.2, 0.25) is 0 Å². The first-order valence-corrected chi connectivity index (χ1v) is 4.74. The highest BCUT2D eigenvalue weighted by molar-refractivity contribution is 6.17. The first-order chi connectivity index (χ1) is 4.15. The van der Waals surface area contributed by atoms with Crippen molar-refractivity contribution in [2.45, 2.75) is 19.8 Å². The van der Waals surface area contributed by atoms with Crippen LogP contribution in [-0.4, -0.2) is 34.9 Å². The van der Waals surface area contributed by atoms with Crippen molar-refractivity contribution >= 4 is 22.0 Å². The van der Waals surface area contributed by atoms with Gasteiger partial charge in [-0.25, -0.2) is 0 Å². The molecule has 0 aromatic rings. The summed E-state index contributed by atoms with van der Waals surface area (Å²) in [5, 5.41) is 0. The Morgan fingerprint density at radius 1 is 1.44 bits per heavy atom. The highest BCUT2D eigenvalue weighted by atomic mass is 35.5. The third-order valence-electron chi connectivity index (χ3n) is 0.487. The molecule has 0 bridgehead atoms. The van der Waals surface area contributed by atoms with Crippen LogP contribution in [0.3, 0.4) is 0 Å². The van der Waals surface area contributed by atoms with E-state index in [1.807, 2.05) is 0 Å². The second-order valence-electron chi connectivity index (χ2n) is 2.38. The monoisotopic (exact) mass is 167 g/mol. The van der Waals surface area contributed by atoms with E-state index in [0.717, 1.165) is 12.3 Å². The molecule has 9 heavy (non-hydrogen) atoms. The number of nitrogens with zero attached hydrogens (tertiary/aromatic N) is 1. The van der Waals surface area contributed by atoms with Gasteiger partial charge >= 0.3 is 0 Å². The van der Waals surface area contributed by atoms with Crippen LogP contribution in [-0.2, 0) is 0 Å². The SMILES string of the molecule is CCCCCl.CN(C)[SiH3]. The molecule has 0 saturated heterocycles. The van der Waals surface area contributed by atoms with E-state index < -0.39 is 0 Å². The minimum atomic E-state index is 0.816. The molecule has 0 aliphatic carbocycles. The van der Waals surface area contributed by atoms with Crippen molar-refractivity contribution < 1.29 is 0 Å². The Hall–Kier alpha value is 0.467. The maximum Gasteiger partial charge on any atom is 0.0777 e. The first-order valence-electron chi connectivity index (χ1n) is 3.32. The fourth-order valence-electron chi connectivity index (χ4n) is 0.134. The van der Waals surface area contributed by atoms with Gasteiger partial charge in [0.25, 0.3) is 0 Å². The molecule has 0 unspecified atom stereocenters. The second kappa shape index (κ2) is 11.3. The Bertz CT molecular complexity index is 37.3. The van der Waals surface area contributed by atoms with Gasteiger partial charge in [-0.2, -0.15) is 0 Å². The third-order valence-corrected chi connectivity index (χ3v) is 0.754. The van der Waals surface area contributed by atoms with Crippen LogP contribution in [0.15, 0.2) is 0 Å². The fourth-order valence-corrected chi connectivity index (χ4v) is 0.401. The van der Waals surface area contributed by atoms with Gasteiger partial charge in [0, 0.05) is 5.88 Å². The molecule has 3 heteroatoms. The van der Waals surface area contributed by atoms with Crippen molar-refractivity contribution in [3.05, 3.63) is 0 Å². The molecular weight excluding hydrogens is 150 g/mol. The van der Waals surface area contributed by atoms with Crippen molar-refractivity contribution in [3.63, 3.8) is 0 Å². The van der Waals surface area contributed by atoms with Gasteiger partial charge in [0.15, 0.2) is 0 Å². The zero-order valence-electron chi connectivity index (χ0n) is 6.95. The summed E-state index contributed by atoms with van der Waals surface area (Å²) >= 11 is 5.30. The highest BCUT2D eigenvalue weighted by Gasteiger charge is 1.70. The lowest BCUT2D eigenvalue weighted by atomic mass is 10.4. The van der Waals surface area contributed by atoms with Crippen molar-refractivity contribution in [1.82, 2.24) is 4.57 Å². The quantitative estimate of drug-likeness (QED) is 0.436. The van der Waals surface area contributed by atoms with E-state index in [4.69, 9.17) is 11.6 Å². The highest BCUT2D eigenvalue weighted by Crippen LogP contribution is 1.86. The molecule has 0 aromatic carbocycles.